The van der Waals surface area contributed by atoms with E-state index >= 15 is 0 Å². The van der Waals surface area contributed by atoms with Gasteiger partial charge in [0.25, 0.3) is 0 Å². The Hall–Kier alpha value is -2.22. The number of hydrogen-bond donors (Lipinski definition) is 0. The van der Waals surface area contributed by atoms with E-state index in [9.17, 15) is 0 Å². The van der Waals surface area contributed by atoms with E-state index in [1.54, 1.807) is 0 Å². The zero-order valence-electron chi connectivity index (χ0n) is 13.6. The molecule has 2 aliphatic heterocycles. The van der Waals surface area contributed by atoms with Crippen LogP contribution in [0, 0.1) is 27.4 Å². The van der Waals surface area contributed by atoms with E-state index < -0.39 is 0 Å². The minimum Gasteiger partial charge on any atom is -0.314 e. The summed E-state index contributed by atoms with van der Waals surface area (Å²) in [6.45, 7) is 12.2. The predicted octanol–water partition coefficient (Wildman–Crippen LogP) is 4.75. The van der Waals surface area contributed by atoms with E-state index in [4.69, 9.17) is 0 Å². The zero-order chi connectivity index (χ0) is 15.4. The molecule has 0 saturated heterocycles. The van der Waals surface area contributed by atoms with Crippen LogP contribution in [0.1, 0.15) is 30.0 Å². The van der Waals surface area contributed by atoms with Crippen LogP contribution in [0.5, 0.6) is 0 Å². The van der Waals surface area contributed by atoms with E-state index in [0.717, 1.165) is 6.42 Å². The first-order chi connectivity index (χ1) is 10.5. The monoisotopic (exact) mass is 288 g/mol. The Morgan fingerprint density at radius 1 is 1.05 bits per heavy atom. The molecule has 0 aromatic heterocycles. The molecule has 0 unspecified atom stereocenters. The predicted molar refractivity (Wildman–Crippen MR) is 90.8 cm³/mol. The van der Waals surface area contributed by atoms with Crippen molar-refractivity contribution in [2.24, 2.45) is 0 Å². The minimum atomic E-state index is 1.03. The van der Waals surface area contributed by atoms with Crippen molar-refractivity contribution in [1.82, 2.24) is 4.90 Å². The van der Waals surface area contributed by atoms with Gasteiger partial charge in [0, 0.05) is 17.6 Å². The maximum atomic E-state index is 3.52. The molecule has 110 valence electrons. The first kappa shape index (κ1) is 13.4. The smallest absolute Gasteiger partial charge is 0.218 e. The van der Waals surface area contributed by atoms with Crippen LogP contribution in [-0.2, 0) is 0 Å². The first-order valence-corrected chi connectivity index (χ1v) is 7.78. The normalized spacial score (nSPS) is 19.5. The largest absolute Gasteiger partial charge is 0.314 e. The molecule has 2 radical (unpaired) electrons. The highest BCUT2D eigenvalue weighted by atomic mass is 15.4. The molecule has 0 amide bonds. The molecule has 1 aromatic carbocycles. The summed E-state index contributed by atoms with van der Waals surface area (Å²) in [6.07, 6.45) is 9.93. The summed E-state index contributed by atoms with van der Waals surface area (Å²) in [6, 6.07) is 4.47. The molecule has 2 nitrogen and oxygen atoms in total. The Morgan fingerprint density at radius 3 is 2.50 bits per heavy atom. The fraction of sp³-hybridized carbons (Fsp3) is 0.250. The molecule has 0 fully saturated rings. The zero-order valence-corrected chi connectivity index (χ0v) is 13.6. The Balaban J connectivity index is 1.76. The summed E-state index contributed by atoms with van der Waals surface area (Å²) in [4.78, 5) is 4.33. The summed E-state index contributed by atoms with van der Waals surface area (Å²) < 4.78 is 0. The van der Waals surface area contributed by atoms with E-state index in [-0.39, 0.29) is 0 Å². The van der Waals surface area contributed by atoms with Gasteiger partial charge in [0.15, 0.2) is 0 Å². The van der Waals surface area contributed by atoms with Gasteiger partial charge in [-0.3, -0.25) is 0 Å². The highest BCUT2D eigenvalue weighted by molar-refractivity contribution is 5.67. The highest BCUT2D eigenvalue weighted by Gasteiger charge is 2.32. The van der Waals surface area contributed by atoms with E-state index in [1.807, 2.05) is 0 Å². The number of nitrogens with zero attached hydrogens (tertiary/aromatic N) is 2. The summed E-state index contributed by atoms with van der Waals surface area (Å²) >= 11 is 0. The van der Waals surface area contributed by atoms with Gasteiger partial charge in [-0.15, -0.1) is 0 Å². The lowest BCUT2D eigenvalue weighted by Crippen LogP contribution is -2.23. The molecule has 22 heavy (non-hydrogen) atoms. The van der Waals surface area contributed by atoms with Gasteiger partial charge in [-0.2, -0.15) is 0 Å². The molecule has 1 aromatic rings. The van der Waals surface area contributed by atoms with Crippen LogP contribution in [0.15, 0.2) is 59.1 Å². The van der Waals surface area contributed by atoms with E-state index in [2.05, 4.69) is 80.7 Å². The van der Waals surface area contributed by atoms with Crippen molar-refractivity contribution in [3.05, 3.63) is 82.5 Å². The van der Waals surface area contributed by atoms with Crippen LogP contribution in [0.3, 0.4) is 0 Å². The van der Waals surface area contributed by atoms with Gasteiger partial charge in [0.2, 0.25) is 6.67 Å². The van der Waals surface area contributed by atoms with E-state index in [1.165, 1.54) is 44.9 Å². The number of hydrogen-bond acceptors (Lipinski definition) is 2. The molecule has 2 heteroatoms. The standard InChI is InChI=1S/C20H20N2/c1-13-8-15(3)20(16(4)9-13)21-11-17-10-14(2)18-6-5-7-19(18)22(17)12-21/h5,7-11H,6H2,1-4H3. The van der Waals surface area contributed by atoms with Crippen molar-refractivity contribution in [3.63, 3.8) is 0 Å². The number of allylic oxidation sites excluding steroid dienone is 5. The van der Waals surface area contributed by atoms with Gasteiger partial charge < -0.3 is 9.80 Å². The molecular formula is C20H20N2. The van der Waals surface area contributed by atoms with Crippen LogP contribution < -0.4 is 4.90 Å². The number of anilines is 1. The molecule has 2 heterocycles. The molecular weight excluding hydrogens is 268 g/mol. The second-order valence-electron chi connectivity index (χ2n) is 6.40. The summed E-state index contributed by atoms with van der Waals surface area (Å²) in [7, 11) is 0. The quantitative estimate of drug-likeness (QED) is 0.736. The third kappa shape index (κ3) is 1.87. The van der Waals surface area contributed by atoms with E-state index in [0.29, 0.717) is 0 Å². The second kappa shape index (κ2) is 4.64. The van der Waals surface area contributed by atoms with Gasteiger partial charge >= 0.3 is 0 Å². The molecule has 0 bridgehead atoms. The van der Waals surface area contributed by atoms with Crippen molar-refractivity contribution in [2.75, 3.05) is 4.90 Å². The lowest BCUT2D eigenvalue weighted by molar-refractivity contribution is 0.557. The molecule has 0 saturated carbocycles. The van der Waals surface area contributed by atoms with Crippen molar-refractivity contribution >= 4 is 5.69 Å². The van der Waals surface area contributed by atoms with Crippen LogP contribution >= 0.6 is 0 Å². The Bertz CT molecular complexity index is 767. The molecule has 0 atom stereocenters. The average Bonchev–Trinajstić information content (AvgIpc) is 3.03. The third-order valence-electron chi connectivity index (χ3n) is 4.59. The van der Waals surface area contributed by atoms with Gasteiger partial charge in [0.05, 0.1) is 5.70 Å². The van der Waals surface area contributed by atoms with Crippen LogP contribution in [0.25, 0.3) is 0 Å². The van der Waals surface area contributed by atoms with Gasteiger partial charge in [0.1, 0.15) is 0 Å². The third-order valence-corrected chi connectivity index (χ3v) is 4.59. The number of benzene rings is 1. The lowest BCUT2D eigenvalue weighted by Gasteiger charge is -2.27. The minimum absolute atomic E-state index is 1.03. The first-order valence-electron chi connectivity index (χ1n) is 7.78. The summed E-state index contributed by atoms with van der Waals surface area (Å²) in [5.41, 5.74) is 10.4. The van der Waals surface area contributed by atoms with Crippen molar-refractivity contribution in [2.45, 2.75) is 34.1 Å². The average molecular weight is 288 g/mol. The summed E-state index contributed by atoms with van der Waals surface area (Å²) in [5, 5.41) is 0. The lowest BCUT2D eigenvalue weighted by atomic mass is 10.0. The fourth-order valence-corrected chi connectivity index (χ4v) is 3.72. The van der Waals surface area contributed by atoms with Crippen molar-refractivity contribution < 1.29 is 0 Å². The Labute approximate surface area is 132 Å². The van der Waals surface area contributed by atoms with Crippen LogP contribution in [0.2, 0.25) is 0 Å². The van der Waals surface area contributed by atoms with Crippen LogP contribution in [-0.4, -0.2) is 4.90 Å². The van der Waals surface area contributed by atoms with Gasteiger partial charge in [-0.05, 0) is 68.5 Å². The molecule has 3 aliphatic rings. The van der Waals surface area contributed by atoms with Crippen molar-refractivity contribution in [1.29, 1.82) is 0 Å². The topological polar surface area (TPSA) is 6.48 Å². The summed E-state index contributed by atoms with van der Waals surface area (Å²) in [5.74, 6) is 0. The van der Waals surface area contributed by atoms with Crippen molar-refractivity contribution in [3.8, 4) is 0 Å². The number of aryl methyl sites for hydroxylation is 3. The second-order valence-corrected chi connectivity index (χ2v) is 6.40. The fourth-order valence-electron chi connectivity index (χ4n) is 3.72. The maximum Gasteiger partial charge on any atom is 0.218 e. The Kier molecular flexibility index (Phi) is 2.83. The Morgan fingerprint density at radius 2 is 1.77 bits per heavy atom. The number of rotatable bonds is 1. The molecule has 1 aliphatic carbocycles. The SMILES string of the molecule is CC1=CC2=CN(c3c(C)cc(C)cc3C)[C]N2C2=C1CC=C2. The van der Waals surface area contributed by atoms with Gasteiger partial charge in [-0.25, -0.2) is 0 Å². The van der Waals surface area contributed by atoms with Crippen LogP contribution in [0.4, 0.5) is 5.69 Å². The molecule has 0 N–H and O–H groups in total. The maximum absolute atomic E-state index is 3.52. The highest BCUT2D eigenvalue weighted by Crippen LogP contribution is 2.41. The number of fused-ring (bicyclic) bond motifs is 2. The molecule has 4 rings (SSSR count). The van der Waals surface area contributed by atoms with Gasteiger partial charge in [-0.1, -0.05) is 23.8 Å². The molecule has 0 spiro atoms.